The molecule has 0 unspecified atom stereocenters. The summed E-state index contributed by atoms with van der Waals surface area (Å²) < 4.78 is 0. The first-order chi connectivity index (χ1) is 0. The molecule has 0 aromatic carbocycles. The smallest absolute Gasteiger partial charge is 2.00 e. The van der Waals surface area contributed by atoms with Crippen molar-refractivity contribution in [3.8, 4) is 0 Å². The van der Waals surface area contributed by atoms with Gasteiger partial charge >= 0.3 is 26.2 Å². The molecule has 0 atom stereocenters. The molecule has 19 valence electrons. The van der Waals surface area contributed by atoms with Crippen LogP contribution in [-0.4, -0.2) is 0 Å². The summed E-state index contributed by atoms with van der Waals surface area (Å²) in [5, 5.41) is 0. The standard InChI is InChI=1S/2O.Y.Zr/q2*-2;;+4. The van der Waals surface area contributed by atoms with Crippen molar-refractivity contribution >= 4 is 0 Å². The zero-order valence-corrected chi connectivity index (χ0v) is 7.19. The SMILES string of the molecule is [O-2].[O-2].[Y].[Zr+4]. The molecule has 0 amide bonds. The van der Waals surface area contributed by atoms with Crippen molar-refractivity contribution in [3.63, 3.8) is 0 Å². The van der Waals surface area contributed by atoms with Crippen LogP contribution in [0.5, 0.6) is 0 Å². The molecule has 4 heavy (non-hydrogen) atoms. The Labute approximate surface area is 69.0 Å². The van der Waals surface area contributed by atoms with Gasteiger partial charge in [-0.2, -0.15) is 0 Å². The van der Waals surface area contributed by atoms with E-state index in [9.17, 15) is 0 Å². The van der Waals surface area contributed by atoms with Gasteiger partial charge in [-0.3, -0.25) is 0 Å². The summed E-state index contributed by atoms with van der Waals surface area (Å²) in [6, 6.07) is 0. The summed E-state index contributed by atoms with van der Waals surface area (Å²) in [6.07, 6.45) is 0. The molecule has 0 aliphatic rings. The third kappa shape index (κ3) is 9.08. The fraction of sp³-hybridized carbons (Fsp3) is 0. The van der Waals surface area contributed by atoms with Crippen LogP contribution in [0.1, 0.15) is 0 Å². The molecule has 0 bridgehead atoms. The third-order valence-electron chi connectivity index (χ3n) is 0. The fourth-order valence-corrected chi connectivity index (χ4v) is 0. The molecule has 0 aliphatic carbocycles. The number of hydrogen-bond acceptors (Lipinski definition) is 0. The van der Waals surface area contributed by atoms with Crippen LogP contribution in [0, 0.1) is 0 Å². The van der Waals surface area contributed by atoms with E-state index in [1.807, 2.05) is 0 Å². The van der Waals surface area contributed by atoms with Crippen LogP contribution in [-0.2, 0) is 69.9 Å². The van der Waals surface area contributed by atoms with Crippen LogP contribution in [0.15, 0.2) is 0 Å². The van der Waals surface area contributed by atoms with E-state index in [2.05, 4.69) is 0 Å². The summed E-state index contributed by atoms with van der Waals surface area (Å²) in [5.74, 6) is 0. The van der Waals surface area contributed by atoms with Gasteiger partial charge in [0.2, 0.25) is 0 Å². The summed E-state index contributed by atoms with van der Waals surface area (Å²) in [4.78, 5) is 0. The summed E-state index contributed by atoms with van der Waals surface area (Å²) in [6.45, 7) is 0. The molecule has 4 heteroatoms. The average Bonchev–Trinajstić information content (AvgIpc) is 0. The maximum atomic E-state index is 0. The minimum Gasteiger partial charge on any atom is -2.00 e. The largest absolute Gasteiger partial charge is 4.00 e. The Kier molecular flexibility index (Phi) is 201. The minimum atomic E-state index is 0. The van der Waals surface area contributed by atoms with Crippen molar-refractivity contribution < 1.29 is 69.9 Å². The van der Waals surface area contributed by atoms with Gasteiger partial charge in [-0.15, -0.1) is 0 Å². The van der Waals surface area contributed by atoms with Crippen molar-refractivity contribution in [3.05, 3.63) is 0 Å². The van der Waals surface area contributed by atoms with Crippen molar-refractivity contribution in [2.75, 3.05) is 0 Å². The summed E-state index contributed by atoms with van der Waals surface area (Å²) >= 11 is 0. The molecular weight excluding hydrogens is 212 g/mol. The van der Waals surface area contributed by atoms with Crippen molar-refractivity contribution in [1.82, 2.24) is 0 Å². The number of hydrogen-bond donors (Lipinski definition) is 0. The van der Waals surface area contributed by atoms with Gasteiger partial charge in [0.15, 0.2) is 0 Å². The topological polar surface area (TPSA) is 57.0 Å². The van der Waals surface area contributed by atoms with Gasteiger partial charge in [0.05, 0.1) is 0 Å². The van der Waals surface area contributed by atoms with E-state index in [1.165, 1.54) is 0 Å². The van der Waals surface area contributed by atoms with Crippen LogP contribution in [0.2, 0.25) is 0 Å². The van der Waals surface area contributed by atoms with Crippen LogP contribution < -0.4 is 0 Å². The quantitative estimate of drug-likeness (QED) is 0.532. The zero-order valence-electron chi connectivity index (χ0n) is 1.89. The zero-order chi connectivity index (χ0) is 0. The number of rotatable bonds is 0. The predicted octanol–water partition coefficient (Wildman–Crippen LogP) is -0.243. The molecule has 0 aliphatic heterocycles. The van der Waals surface area contributed by atoms with Crippen molar-refractivity contribution in [2.45, 2.75) is 0 Å². The van der Waals surface area contributed by atoms with E-state index >= 15 is 0 Å². The van der Waals surface area contributed by atoms with Gasteiger partial charge in [-0.25, -0.2) is 0 Å². The first-order valence-electron chi connectivity index (χ1n) is 0. The average molecular weight is 212 g/mol. The van der Waals surface area contributed by atoms with Gasteiger partial charge < -0.3 is 11.0 Å². The molecule has 0 aromatic rings. The van der Waals surface area contributed by atoms with E-state index in [4.69, 9.17) is 0 Å². The van der Waals surface area contributed by atoms with Gasteiger partial charge in [0, 0.05) is 32.7 Å². The Morgan fingerprint density at radius 3 is 0.750 bits per heavy atom. The molecule has 0 saturated carbocycles. The molecular formula is O2YZr. The van der Waals surface area contributed by atoms with Gasteiger partial charge in [0.25, 0.3) is 0 Å². The molecule has 1 radical (unpaired) electrons. The second kappa shape index (κ2) is 20.6. The fourth-order valence-electron chi connectivity index (χ4n) is 0. The Bertz CT molecular complexity index is 6.00. The molecule has 2 nitrogen and oxygen atoms in total. The van der Waals surface area contributed by atoms with Gasteiger partial charge in [-0.1, -0.05) is 0 Å². The maximum Gasteiger partial charge on any atom is 4.00 e. The second-order valence-corrected chi connectivity index (χ2v) is 0. The van der Waals surface area contributed by atoms with Crippen molar-refractivity contribution in [2.24, 2.45) is 0 Å². The minimum absolute atomic E-state index is 0. The van der Waals surface area contributed by atoms with E-state index in [0.29, 0.717) is 0 Å². The second-order valence-electron chi connectivity index (χ2n) is 0. The molecule has 0 aromatic heterocycles. The van der Waals surface area contributed by atoms with Crippen LogP contribution >= 0.6 is 0 Å². The first-order valence-corrected chi connectivity index (χ1v) is 0. The van der Waals surface area contributed by atoms with Crippen LogP contribution in [0.3, 0.4) is 0 Å². The van der Waals surface area contributed by atoms with E-state index in [1.54, 1.807) is 0 Å². The first kappa shape index (κ1) is 39.1. The molecule has 0 rings (SSSR count). The molecule has 0 N–H and O–H groups in total. The molecule has 0 heterocycles. The molecule has 0 saturated heterocycles. The van der Waals surface area contributed by atoms with Crippen LogP contribution in [0.4, 0.5) is 0 Å². The Morgan fingerprint density at radius 2 is 0.750 bits per heavy atom. The summed E-state index contributed by atoms with van der Waals surface area (Å²) in [5.41, 5.74) is 0. The maximum absolute atomic E-state index is 0. The van der Waals surface area contributed by atoms with E-state index in [-0.39, 0.29) is 69.9 Å². The van der Waals surface area contributed by atoms with E-state index < -0.39 is 0 Å². The van der Waals surface area contributed by atoms with Gasteiger partial charge in [-0.05, 0) is 0 Å². The Hall–Kier alpha value is 1.91. The Balaban J connectivity index is 0. The third-order valence-corrected chi connectivity index (χ3v) is 0. The van der Waals surface area contributed by atoms with E-state index in [0.717, 1.165) is 0 Å². The summed E-state index contributed by atoms with van der Waals surface area (Å²) in [7, 11) is 0. The molecule has 0 fully saturated rings. The van der Waals surface area contributed by atoms with Crippen molar-refractivity contribution in [1.29, 1.82) is 0 Å². The predicted molar refractivity (Wildman–Crippen MR) is 1.37 cm³/mol. The normalized spacial score (nSPS) is 0. The van der Waals surface area contributed by atoms with Crippen LogP contribution in [0.25, 0.3) is 0 Å². The molecule has 0 spiro atoms. The Morgan fingerprint density at radius 1 is 0.750 bits per heavy atom. The van der Waals surface area contributed by atoms with Gasteiger partial charge in [0.1, 0.15) is 0 Å². The monoisotopic (exact) mass is 211 g/mol.